The average Bonchev–Trinajstić information content (AvgIpc) is 2.95. The molecule has 3 aromatic rings. The van der Waals surface area contributed by atoms with Gasteiger partial charge in [-0.2, -0.15) is 0 Å². The smallest absolute Gasteiger partial charge is 0.338 e. The highest BCUT2D eigenvalue weighted by Crippen LogP contribution is 2.24. The van der Waals surface area contributed by atoms with E-state index < -0.39 is 5.97 Å². The SMILES string of the molecule is O=C(Nc1sccc1C(=O)O)c1ccc2ccccc2c1. The van der Waals surface area contributed by atoms with Gasteiger partial charge in [0.25, 0.3) is 5.91 Å². The number of benzene rings is 2. The fourth-order valence-electron chi connectivity index (χ4n) is 2.08. The van der Waals surface area contributed by atoms with Crippen molar-refractivity contribution in [2.75, 3.05) is 5.32 Å². The van der Waals surface area contributed by atoms with Crippen LogP contribution >= 0.6 is 11.3 Å². The van der Waals surface area contributed by atoms with Crippen molar-refractivity contribution >= 4 is 39.0 Å². The Balaban J connectivity index is 1.90. The van der Waals surface area contributed by atoms with Gasteiger partial charge in [0.1, 0.15) is 5.00 Å². The first-order valence-electron chi connectivity index (χ1n) is 6.26. The molecule has 3 rings (SSSR count). The van der Waals surface area contributed by atoms with Crippen molar-refractivity contribution in [3.05, 3.63) is 65.0 Å². The van der Waals surface area contributed by atoms with Gasteiger partial charge in [-0.3, -0.25) is 4.79 Å². The van der Waals surface area contributed by atoms with Crippen molar-refractivity contribution < 1.29 is 14.7 Å². The molecule has 0 saturated carbocycles. The summed E-state index contributed by atoms with van der Waals surface area (Å²) in [5.74, 6) is -1.37. The fourth-order valence-corrected chi connectivity index (χ4v) is 2.85. The highest BCUT2D eigenvalue weighted by Gasteiger charge is 2.15. The van der Waals surface area contributed by atoms with E-state index in [2.05, 4.69) is 5.32 Å². The molecule has 0 fully saturated rings. The van der Waals surface area contributed by atoms with E-state index in [-0.39, 0.29) is 11.5 Å². The lowest BCUT2D eigenvalue weighted by Crippen LogP contribution is -2.13. The topological polar surface area (TPSA) is 66.4 Å². The number of carboxylic acid groups (broad SMARTS) is 1. The maximum absolute atomic E-state index is 12.2. The number of anilines is 1. The van der Waals surface area contributed by atoms with Crippen LogP contribution in [0.4, 0.5) is 5.00 Å². The predicted molar refractivity (Wildman–Crippen MR) is 83.2 cm³/mol. The second-order valence-corrected chi connectivity index (χ2v) is 5.40. The van der Waals surface area contributed by atoms with Crippen LogP contribution in [-0.4, -0.2) is 17.0 Å². The molecule has 104 valence electrons. The summed E-state index contributed by atoms with van der Waals surface area (Å²) in [5.41, 5.74) is 0.604. The van der Waals surface area contributed by atoms with Gasteiger partial charge in [-0.05, 0) is 34.4 Å². The van der Waals surface area contributed by atoms with Gasteiger partial charge in [0, 0.05) is 5.56 Å². The number of nitrogens with one attached hydrogen (secondary N) is 1. The number of rotatable bonds is 3. The summed E-state index contributed by atoms with van der Waals surface area (Å²) >= 11 is 1.19. The van der Waals surface area contributed by atoms with Crippen molar-refractivity contribution in [2.45, 2.75) is 0 Å². The molecule has 5 heteroatoms. The van der Waals surface area contributed by atoms with Gasteiger partial charge >= 0.3 is 5.97 Å². The lowest BCUT2D eigenvalue weighted by atomic mass is 10.1. The summed E-state index contributed by atoms with van der Waals surface area (Å²) in [6.45, 7) is 0. The Morgan fingerprint density at radius 2 is 1.76 bits per heavy atom. The Morgan fingerprint density at radius 3 is 2.52 bits per heavy atom. The number of carboxylic acids is 1. The summed E-state index contributed by atoms with van der Waals surface area (Å²) in [6, 6.07) is 14.6. The van der Waals surface area contributed by atoms with Gasteiger partial charge in [0.05, 0.1) is 5.56 Å². The molecule has 0 atom stereocenters. The van der Waals surface area contributed by atoms with E-state index in [0.717, 1.165) is 10.8 Å². The lowest BCUT2D eigenvalue weighted by Gasteiger charge is -2.05. The van der Waals surface area contributed by atoms with Gasteiger partial charge in [-0.25, -0.2) is 4.79 Å². The minimum Gasteiger partial charge on any atom is -0.478 e. The van der Waals surface area contributed by atoms with Crippen molar-refractivity contribution in [3.8, 4) is 0 Å². The Bertz CT molecular complexity index is 838. The quantitative estimate of drug-likeness (QED) is 0.771. The summed E-state index contributed by atoms with van der Waals surface area (Å²) in [4.78, 5) is 23.3. The Labute approximate surface area is 124 Å². The molecule has 1 heterocycles. The zero-order valence-electron chi connectivity index (χ0n) is 10.9. The van der Waals surface area contributed by atoms with Crippen molar-refractivity contribution in [2.24, 2.45) is 0 Å². The molecule has 0 radical (unpaired) electrons. The summed E-state index contributed by atoms with van der Waals surface area (Å²) < 4.78 is 0. The molecule has 0 spiro atoms. The number of aromatic carboxylic acids is 1. The normalized spacial score (nSPS) is 10.5. The zero-order chi connectivity index (χ0) is 14.8. The van der Waals surface area contributed by atoms with Gasteiger partial charge in [0.2, 0.25) is 0 Å². The Morgan fingerprint density at radius 1 is 1.00 bits per heavy atom. The first kappa shape index (κ1) is 13.3. The highest BCUT2D eigenvalue weighted by molar-refractivity contribution is 7.14. The molecule has 0 bridgehead atoms. The fraction of sp³-hybridized carbons (Fsp3) is 0. The van der Waals surface area contributed by atoms with Crippen LogP contribution < -0.4 is 5.32 Å². The van der Waals surface area contributed by atoms with E-state index in [1.54, 1.807) is 17.5 Å². The van der Waals surface area contributed by atoms with Gasteiger partial charge in [0.15, 0.2) is 0 Å². The molecule has 21 heavy (non-hydrogen) atoms. The second-order valence-electron chi connectivity index (χ2n) is 4.48. The third-order valence-electron chi connectivity index (χ3n) is 3.13. The Hall–Kier alpha value is -2.66. The van der Waals surface area contributed by atoms with Crippen LogP contribution in [0.15, 0.2) is 53.9 Å². The molecule has 4 nitrogen and oxygen atoms in total. The van der Waals surface area contributed by atoms with E-state index in [1.807, 2.05) is 30.3 Å². The van der Waals surface area contributed by atoms with Gasteiger partial charge < -0.3 is 10.4 Å². The molecule has 0 aliphatic rings. The largest absolute Gasteiger partial charge is 0.478 e. The number of carbonyl (C=O) groups excluding carboxylic acids is 1. The molecule has 0 saturated heterocycles. The molecular formula is C16H11NO3S. The lowest BCUT2D eigenvalue weighted by molar-refractivity contribution is 0.0698. The van der Waals surface area contributed by atoms with Gasteiger partial charge in [-0.15, -0.1) is 11.3 Å². The van der Waals surface area contributed by atoms with E-state index in [4.69, 9.17) is 5.11 Å². The molecule has 0 aliphatic heterocycles. The molecule has 2 N–H and O–H groups in total. The van der Waals surface area contributed by atoms with E-state index in [1.165, 1.54) is 17.4 Å². The summed E-state index contributed by atoms with van der Waals surface area (Å²) in [5, 5.41) is 15.7. The maximum Gasteiger partial charge on any atom is 0.338 e. The molecule has 0 unspecified atom stereocenters. The minimum atomic E-state index is -1.05. The zero-order valence-corrected chi connectivity index (χ0v) is 11.7. The van der Waals surface area contributed by atoms with Crippen LogP contribution in [0, 0.1) is 0 Å². The third-order valence-corrected chi connectivity index (χ3v) is 3.96. The first-order chi connectivity index (χ1) is 10.1. The van der Waals surface area contributed by atoms with E-state index >= 15 is 0 Å². The number of fused-ring (bicyclic) bond motifs is 1. The van der Waals surface area contributed by atoms with Crippen molar-refractivity contribution in [1.82, 2.24) is 0 Å². The first-order valence-corrected chi connectivity index (χ1v) is 7.14. The van der Waals surface area contributed by atoms with E-state index in [9.17, 15) is 9.59 Å². The number of hydrogen-bond acceptors (Lipinski definition) is 3. The molecule has 2 aromatic carbocycles. The predicted octanol–water partition coefficient (Wildman–Crippen LogP) is 3.85. The number of hydrogen-bond donors (Lipinski definition) is 2. The number of carbonyl (C=O) groups is 2. The summed E-state index contributed by atoms with van der Waals surface area (Å²) in [6.07, 6.45) is 0. The van der Waals surface area contributed by atoms with Crippen molar-refractivity contribution in [1.29, 1.82) is 0 Å². The van der Waals surface area contributed by atoms with Crippen LogP contribution in [0.3, 0.4) is 0 Å². The average molecular weight is 297 g/mol. The second kappa shape index (κ2) is 5.38. The number of thiophene rings is 1. The molecular weight excluding hydrogens is 286 g/mol. The van der Waals surface area contributed by atoms with Gasteiger partial charge in [-0.1, -0.05) is 30.3 Å². The van der Waals surface area contributed by atoms with Crippen LogP contribution in [0.25, 0.3) is 10.8 Å². The van der Waals surface area contributed by atoms with Crippen LogP contribution in [0.1, 0.15) is 20.7 Å². The van der Waals surface area contributed by atoms with E-state index in [0.29, 0.717) is 10.6 Å². The monoisotopic (exact) mass is 297 g/mol. The van der Waals surface area contributed by atoms with Crippen molar-refractivity contribution in [3.63, 3.8) is 0 Å². The maximum atomic E-state index is 12.2. The van der Waals surface area contributed by atoms with Crippen LogP contribution in [0.5, 0.6) is 0 Å². The standard InChI is InChI=1S/C16H11NO3S/c18-14(17-15-13(16(19)20)7-8-21-15)12-6-5-10-3-1-2-4-11(10)9-12/h1-9H,(H,17,18)(H,19,20). The molecule has 1 aromatic heterocycles. The van der Waals surface area contributed by atoms with Crippen LogP contribution in [-0.2, 0) is 0 Å². The third kappa shape index (κ3) is 2.64. The molecule has 1 amide bonds. The van der Waals surface area contributed by atoms with Crippen LogP contribution in [0.2, 0.25) is 0 Å². The summed E-state index contributed by atoms with van der Waals surface area (Å²) in [7, 11) is 0. The Kier molecular flexibility index (Phi) is 3.41. The highest BCUT2D eigenvalue weighted by atomic mass is 32.1. The minimum absolute atomic E-state index is 0.106. The number of amides is 1. The molecule has 0 aliphatic carbocycles.